The van der Waals surface area contributed by atoms with Crippen molar-refractivity contribution in [1.82, 2.24) is 10.7 Å². The van der Waals surface area contributed by atoms with Crippen LogP contribution in [0.15, 0.2) is 47.6 Å². The van der Waals surface area contributed by atoms with E-state index >= 15 is 0 Å². The summed E-state index contributed by atoms with van der Waals surface area (Å²) in [6, 6.07) is 11.4. The van der Waals surface area contributed by atoms with Crippen molar-refractivity contribution in [2.24, 2.45) is 11.0 Å². The van der Waals surface area contributed by atoms with E-state index in [0.29, 0.717) is 6.54 Å². The maximum atomic E-state index is 12.5. The second kappa shape index (κ2) is 8.05. The van der Waals surface area contributed by atoms with E-state index in [9.17, 15) is 24.8 Å². The number of carbonyl (C=O) groups is 2. The average Bonchev–Trinajstić information content (AvgIpc) is 3.06. The highest BCUT2D eigenvalue weighted by atomic mass is 35.5. The molecule has 1 saturated heterocycles. The van der Waals surface area contributed by atoms with Gasteiger partial charge in [0, 0.05) is 29.1 Å². The molecule has 2 atom stereocenters. The first kappa shape index (κ1) is 19.3. The Labute approximate surface area is 164 Å². The first-order valence-electron chi connectivity index (χ1n) is 8.21. The number of phenols is 1. The van der Waals surface area contributed by atoms with Gasteiger partial charge in [0.2, 0.25) is 11.7 Å². The van der Waals surface area contributed by atoms with Crippen molar-refractivity contribution in [2.45, 2.75) is 5.92 Å². The Balaban J connectivity index is 1.76. The third kappa shape index (κ3) is 3.94. The highest BCUT2D eigenvalue weighted by Gasteiger charge is 2.40. The van der Waals surface area contributed by atoms with Crippen LogP contribution in [0.25, 0.3) is 0 Å². The number of aromatic hydroxyl groups is 1. The molecule has 0 aliphatic carbocycles. The molecule has 10 heteroatoms. The monoisotopic (exact) mass is 402 g/mol. The van der Waals surface area contributed by atoms with Gasteiger partial charge in [-0.25, -0.2) is 5.43 Å². The zero-order valence-corrected chi connectivity index (χ0v) is 15.1. The van der Waals surface area contributed by atoms with Gasteiger partial charge in [-0.2, -0.15) is 5.10 Å². The van der Waals surface area contributed by atoms with E-state index in [1.54, 1.807) is 0 Å². The number of nitro benzene ring substituents is 1. The van der Waals surface area contributed by atoms with Crippen LogP contribution < -0.4 is 10.7 Å². The Kier molecular flexibility index (Phi) is 5.55. The molecule has 0 bridgehead atoms. The molecule has 0 unspecified atom stereocenters. The Hall–Kier alpha value is -3.46. The molecule has 0 spiro atoms. The number of carbonyl (C=O) groups excluding carboxylic acids is 2. The number of phenolic OH excluding ortho intramolecular Hbond substituents is 1. The number of rotatable bonds is 5. The molecule has 3 rings (SSSR count). The normalized spacial score (nSPS) is 18.8. The summed E-state index contributed by atoms with van der Waals surface area (Å²) in [5.41, 5.74) is 2.46. The Bertz CT molecular complexity index is 964. The van der Waals surface area contributed by atoms with E-state index < -0.39 is 34.1 Å². The van der Waals surface area contributed by atoms with Crippen LogP contribution in [-0.4, -0.2) is 34.6 Å². The second-order valence-electron chi connectivity index (χ2n) is 6.09. The Morgan fingerprint density at radius 2 is 2.07 bits per heavy atom. The highest BCUT2D eigenvalue weighted by Crippen LogP contribution is 2.32. The van der Waals surface area contributed by atoms with Crippen LogP contribution in [0.3, 0.4) is 0 Å². The summed E-state index contributed by atoms with van der Waals surface area (Å²) in [5, 5.41) is 27.2. The van der Waals surface area contributed by atoms with E-state index in [1.165, 1.54) is 6.07 Å². The number of hydrazone groups is 1. The SMILES string of the molecule is O=C1NC[C@@H](c2ccccc2)[C@@H]1C(=O)NN=Cc1cc(Cl)cc([N+](=O)[O-])c1O. The minimum atomic E-state index is -0.971. The van der Waals surface area contributed by atoms with Crippen molar-refractivity contribution < 1.29 is 19.6 Å². The number of nitrogens with one attached hydrogen (secondary N) is 2. The molecule has 1 heterocycles. The van der Waals surface area contributed by atoms with E-state index in [2.05, 4.69) is 15.8 Å². The van der Waals surface area contributed by atoms with E-state index in [4.69, 9.17) is 11.6 Å². The first-order chi connectivity index (χ1) is 13.4. The maximum absolute atomic E-state index is 12.5. The molecular formula is C18H15ClN4O5. The summed E-state index contributed by atoms with van der Waals surface area (Å²) in [6.07, 6.45) is 1.02. The summed E-state index contributed by atoms with van der Waals surface area (Å²) < 4.78 is 0. The lowest BCUT2D eigenvalue weighted by Gasteiger charge is -2.15. The maximum Gasteiger partial charge on any atom is 0.312 e. The third-order valence-corrected chi connectivity index (χ3v) is 4.57. The molecule has 144 valence electrons. The third-order valence-electron chi connectivity index (χ3n) is 4.35. The van der Waals surface area contributed by atoms with Crippen LogP contribution in [0.1, 0.15) is 17.0 Å². The molecule has 3 N–H and O–H groups in total. The summed E-state index contributed by atoms with van der Waals surface area (Å²) in [5.74, 6) is -2.99. The minimum Gasteiger partial charge on any atom is -0.502 e. The number of hydrogen-bond acceptors (Lipinski definition) is 6. The number of benzene rings is 2. The van der Waals surface area contributed by atoms with Gasteiger partial charge in [-0.3, -0.25) is 19.7 Å². The molecule has 1 aliphatic rings. The lowest BCUT2D eigenvalue weighted by molar-refractivity contribution is -0.385. The van der Waals surface area contributed by atoms with Crippen molar-refractivity contribution in [2.75, 3.05) is 6.54 Å². The minimum absolute atomic E-state index is 0.0246. The van der Waals surface area contributed by atoms with Crippen LogP contribution in [0.5, 0.6) is 5.75 Å². The van der Waals surface area contributed by atoms with Crippen LogP contribution in [0.2, 0.25) is 5.02 Å². The lowest BCUT2D eigenvalue weighted by Crippen LogP contribution is -2.34. The predicted molar refractivity (Wildman–Crippen MR) is 101 cm³/mol. The van der Waals surface area contributed by atoms with Gasteiger partial charge in [0.15, 0.2) is 0 Å². The molecule has 1 aliphatic heterocycles. The van der Waals surface area contributed by atoms with Crippen molar-refractivity contribution in [3.05, 3.63) is 68.7 Å². The largest absolute Gasteiger partial charge is 0.502 e. The lowest BCUT2D eigenvalue weighted by atomic mass is 9.88. The Morgan fingerprint density at radius 3 is 2.75 bits per heavy atom. The number of hydrogen-bond donors (Lipinski definition) is 3. The van der Waals surface area contributed by atoms with Gasteiger partial charge < -0.3 is 10.4 Å². The van der Waals surface area contributed by atoms with Gasteiger partial charge >= 0.3 is 5.69 Å². The summed E-state index contributed by atoms with van der Waals surface area (Å²) >= 11 is 5.80. The van der Waals surface area contributed by atoms with Gasteiger partial charge in [0.05, 0.1) is 11.1 Å². The van der Waals surface area contributed by atoms with E-state index in [1.807, 2.05) is 30.3 Å². The van der Waals surface area contributed by atoms with Crippen molar-refractivity contribution >= 4 is 35.3 Å². The summed E-state index contributed by atoms with van der Waals surface area (Å²) in [6.45, 7) is 0.325. The van der Waals surface area contributed by atoms with Gasteiger partial charge in [-0.15, -0.1) is 0 Å². The molecule has 0 radical (unpaired) electrons. The van der Waals surface area contributed by atoms with Crippen molar-refractivity contribution in [3.8, 4) is 5.75 Å². The fourth-order valence-electron chi connectivity index (χ4n) is 3.01. The predicted octanol–water partition coefficient (Wildman–Crippen LogP) is 1.93. The molecule has 28 heavy (non-hydrogen) atoms. The van der Waals surface area contributed by atoms with Gasteiger partial charge in [-0.1, -0.05) is 41.9 Å². The van der Waals surface area contributed by atoms with Crippen LogP contribution in [0, 0.1) is 16.0 Å². The standard InChI is InChI=1S/C18H15ClN4O5/c19-12-6-11(16(24)14(7-12)23(27)28)8-21-22-18(26)15-13(9-20-17(15)25)10-4-2-1-3-5-10/h1-8,13,15,24H,9H2,(H,20,25)(H,22,26)/t13-,15-/m0/s1. The van der Waals surface area contributed by atoms with Crippen molar-refractivity contribution in [3.63, 3.8) is 0 Å². The topological polar surface area (TPSA) is 134 Å². The average molecular weight is 403 g/mol. The van der Waals surface area contributed by atoms with E-state index in [0.717, 1.165) is 17.8 Å². The molecule has 0 aromatic heterocycles. The number of halogens is 1. The van der Waals surface area contributed by atoms with Crippen LogP contribution in [0.4, 0.5) is 5.69 Å². The number of nitro groups is 1. The quantitative estimate of drug-likeness (QED) is 0.304. The second-order valence-corrected chi connectivity index (χ2v) is 6.53. The van der Waals surface area contributed by atoms with Crippen LogP contribution in [-0.2, 0) is 9.59 Å². The Morgan fingerprint density at radius 1 is 1.36 bits per heavy atom. The fraction of sp³-hybridized carbons (Fsp3) is 0.167. The zero-order valence-electron chi connectivity index (χ0n) is 14.3. The molecule has 9 nitrogen and oxygen atoms in total. The smallest absolute Gasteiger partial charge is 0.312 e. The van der Waals surface area contributed by atoms with Crippen molar-refractivity contribution in [1.29, 1.82) is 0 Å². The molecule has 2 aromatic rings. The summed E-state index contributed by atoms with van der Waals surface area (Å²) in [7, 11) is 0. The van der Waals surface area contributed by atoms with Gasteiger partial charge in [0.25, 0.3) is 5.91 Å². The van der Waals surface area contributed by atoms with E-state index in [-0.39, 0.29) is 16.5 Å². The molecule has 2 amide bonds. The molecule has 0 saturated carbocycles. The molecule has 1 fully saturated rings. The highest BCUT2D eigenvalue weighted by molar-refractivity contribution is 6.31. The fourth-order valence-corrected chi connectivity index (χ4v) is 3.23. The zero-order chi connectivity index (χ0) is 20.3. The molecular weight excluding hydrogens is 388 g/mol. The number of nitrogens with zero attached hydrogens (tertiary/aromatic N) is 2. The van der Waals surface area contributed by atoms with Gasteiger partial charge in [-0.05, 0) is 11.6 Å². The molecule has 2 aromatic carbocycles. The van der Waals surface area contributed by atoms with Gasteiger partial charge in [0.1, 0.15) is 5.92 Å². The van der Waals surface area contributed by atoms with Crippen LogP contribution >= 0.6 is 11.6 Å². The number of amides is 2. The first-order valence-corrected chi connectivity index (χ1v) is 8.58. The summed E-state index contributed by atoms with van der Waals surface area (Å²) in [4.78, 5) is 34.7.